The molecule has 1 N–H and O–H groups in total. The minimum atomic E-state index is -0.193. The molecule has 0 unspecified atom stereocenters. The standard InChI is InChI=1S/C25H20Cl2N2O3S/c1-2-31-22-13-16(11-12-21(22)32-15-18-19(26)9-6-10-20(18)27)14-23-24(30)29-25(33-23)28-17-7-4-3-5-8-17/h3-14H,2,15H2,1H3,(H,28,29,30)/b23-14-. The van der Waals surface area contributed by atoms with E-state index in [2.05, 4.69) is 10.3 Å². The molecular weight excluding hydrogens is 479 g/mol. The van der Waals surface area contributed by atoms with E-state index in [-0.39, 0.29) is 12.5 Å². The van der Waals surface area contributed by atoms with Gasteiger partial charge in [0.2, 0.25) is 0 Å². The van der Waals surface area contributed by atoms with Crippen molar-refractivity contribution in [2.45, 2.75) is 13.5 Å². The number of carbonyl (C=O) groups excluding carboxylic acids is 1. The minimum absolute atomic E-state index is 0.193. The Morgan fingerprint density at radius 2 is 1.73 bits per heavy atom. The van der Waals surface area contributed by atoms with Crippen molar-refractivity contribution in [2.75, 3.05) is 6.61 Å². The van der Waals surface area contributed by atoms with Gasteiger partial charge >= 0.3 is 0 Å². The fourth-order valence-corrected chi connectivity index (χ4v) is 4.42. The topological polar surface area (TPSA) is 59.9 Å². The summed E-state index contributed by atoms with van der Waals surface area (Å²) in [5.74, 6) is 0.933. The van der Waals surface area contributed by atoms with E-state index in [1.54, 1.807) is 30.3 Å². The van der Waals surface area contributed by atoms with Crippen molar-refractivity contribution >= 4 is 57.8 Å². The molecule has 0 radical (unpaired) electrons. The number of amides is 1. The highest BCUT2D eigenvalue weighted by Crippen LogP contribution is 2.34. The summed E-state index contributed by atoms with van der Waals surface area (Å²) < 4.78 is 11.7. The van der Waals surface area contributed by atoms with Gasteiger partial charge in [0.05, 0.1) is 17.2 Å². The molecule has 0 saturated carbocycles. The molecular formula is C25H20Cl2N2O3S. The third-order valence-corrected chi connectivity index (χ3v) is 6.25. The molecule has 1 fully saturated rings. The Morgan fingerprint density at radius 3 is 2.45 bits per heavy atom. The van der Waals surface area contributed by atoms with Crippen molar-refractivity contribution < 1.29 is 14.3 Å². The van der Waals surface area contributed by atoms with E-state index >= 15 is 0 Å². The number of amidine groups is 1. The van der Waals surface area contributed by atoms with Crippen LogP contribution in [-0.2, 0) is 11.4 Å². The van der Waals surface area contributed by atoms with Crippen molar-refractivity contribution in [1.82, 2.24) is 5.32 Å². The third-order valence-electron chi connectivity index (χ3n) is 4.64. The molecule has 1 saturated heterocycles. The van der Waals surface area contributed by atoms with E-state index in [0.717, 1.165) is 11.3 Å². The number of thioether (sulfide) groups is 1. The second-order valence-electron chi connectivity index (χ2n) is 6.95. The van der Waals surface area contributed by atoms with E-state index in [4.69, 9.17) is 32.7 Å². The zero-order valence-corrected chi connectivity index (χ0v) is 20.0. The molecule has 0 atom stereocenters. The molecule has 8 heteroatoms. The molecule has 3 aromatic carbocycles. The first-order chi connectivity index (χ1) is 16.0. The number of halogens is 2. The van der Waals surface area contributed by atoms with Crippen molar-refractivity contribution in [3.63, 3.8) is 0 Å². The number of nitrogens with zero attached hydrogens (tertiary/aromatic N) is 1. The summed E-state index contributed by atoms with van der Waals surface area (Å²) in [6.45, 7) is 2.56. The Labute approximate surface area is 206 Å². The van der Waals surface area contributed by atoms with E-state index in [9.17, 15) is 4.79 Å². The molecule has 1 amide bonds. The number of rotatable bonds is 7. The highest BCUT2D eigenvalue weighted by atomic mass is 35.5. The van der Waals surface area contributed by atoms with E-state index in [0.29, 0.717) is 43.8 Å². The lowest BCUT2D eigenvalue weighted by Gasteiger charge is -2.14. The van der Waals surface area contributed by atoms with Gasteiger partial charge in [0, 0.05) is 15.6 Å². The van der Waals surface area contributed by atoms with Gasteiger partial charge in [-0.2, -0.15) is 0 Å². The second-order valence-corrected chi connectivity index (χ2v) is 8.79. The number of nitrogens with one attached hydrogen (secondary N) is 1. The number of aliphatic imine (C=N–C) groups is 1. The van der Waals surface area contributed by atoms with Crippen LogP contribution in [0.25, 0.3) is 6.08 Å². The molecule has 0 aromatic heterocycles. The third kappa shape index (κ3) is 5.90. The molecule has 33 heavy (non-hydrogen) atoms. The van der Waals surface area contributed by atoms with Crippen molar-refractivity contribution in [1.29, 1.82) is 0 Å². The molecule has 4 rings (SSSR count). The first-order valence-corrected chi connectivity index (χ1v) is 11.8. The lowest BCUT2D eigenvalue weighted by molar-refractivity contribution is -0.115. The Kier molecular flexibility index (Phi) is 7.60. The summed E-state index contributed by atoms with van der Waals surface area (Å²) >= 11 is 13.8. The summed E-state index contributed by atoms with van der Waals surface area (Å²) in [4.78, 5) is 17.4. The first kappa shape index (κ1) is 23.2. The summed E-state index contributed by atoms with van der Waals surface area (Å²) in [5.41, 5.74) is 2.29. The lowest BCUT2D eigenvalue weighted by Crippen LogP contribution is -2.19. The van der Waals surface area contributed by atoms with Crippen molar-refractivity contribution in [3.05, 3.63) is 92.8 Å². The Hall–Kier alpha value is -2.93. The van der Waals surface area contributed by atoms with E-state index < -0.39 is 0 Å². The largest absolute Gasteiger partial charge is 0.490 e. The van der Waals surface area contributed by atoms with Gasteiger partial charge < -0.3 is 14.8 Å². The van der Waals surface area contributed by atoms with Crippen LogP contribution >= 0.6 is 35.0 Å². The number of ether oxygens (including phenoxy) is 2. The molecule has 1 heterocycles. The molecule has 5 nitrogen and oxygen atoms in total. The van der Waals surface area contributed by atoms with Crippen LogP contribution in [-0.4, -0.2) is 17.7 Å². The van der Waals surface area contributed by atoms with Gasteiger partial charge in [0.15, 0.2) is 16.7 Å². The SMILES string of the molecule is CCOc1cc(/C=C2\SC(=Nc3ccccc3)NC2=O)ccc1OCc1c(Cl)cccc1Cl. The van der Waals surface area contributed by atoms with Gasteiger partial charge in [-0.15, -0.1) is 0 Å². The minimum Gasteiger partial charge on any atom is -0.490 e. The van der Waals surface area contributed by atoms with Gasteiger partial charge in [-0.3, -0.25) is 4.79 Å². The number of hydrogen-bond acceptors (Lipinski definition) is 5. The summed E-state index contributed by atoms with van der Waals surface area (Å²) in [6, 6.07) is 20.3. The van der Waals surface area contributed by atoms with Crippen LogP contribution in [0.4, 0.5) is 5.69 Å². The monoisotopic (exact) mass is 498 g/mol. The highest BCUT2D eigenvalue weighted by Gasteiger charge is 2.24. The Balaban J connectivity index is 1.53. The van der Waals surface area contributed by atoms with Gasteiger partial charge in [-0.1, -0.05) is 53.5 Å². The predicted molar refractivity (Wildman–Crippen MR) is 136 cm³/mol. The van der Waals surface area contributed by atoms with Gasteiger partial charge in [-0.05, 0) is 66.7 Å². The van der Waals surface area contributed by atoms with Crippen LogP contribution in [0, 0.1) is 0 Å². The second kappa shape index (κ2) is 10.8. The maximum atomic E-state index is 12.4. The van der Waals surface area contributed by atoms with E-state index in [1.165, 1.54) is 11.8 Å². The van der Waals surface area contributed by atoms with Gasteiger partial charge in [0.25, 0.3) is 5.91 Å². The summed E-state index contributed by atoms with van der Waals surface area (Å²) in [5, 5.41) is 4.42. The van der Waals surface area contributed by atoms with Gasteiger partial charge in [-0.25, -0.2) is 4.99 Å². The molecule has 0 aliphatic carbocycles. The summed E-state index contributed by atoms with van der Waals surface area (Å²) in [6.07, 6.45) is 1.80. The number of benzene rings is 3. The van der Waals surface area contributed by atoms with Crippen molar-refractivity contribution in [3.8, 4) is 11.5 Å². The maximum absolute atomic E-state index is 12.4. The van der Waals surface area contributed by atoms with Crippen molar-refractivity contribution in [2.24, 2.45) is 4.99 Å². The zero-order chi connectivity index (χ0) is 23.2. The fourth-order valence-electron chi connectivity index (χ4n) is 3.07. The number of carbonyl (C=O) groups is 1. The molecule has 168 valence electrons. The number of para-hydroxylation sites is 1. The van der Waals surface area contributed by atoms with Crippen LogP contribution in [0.3, 0.4) is 0 Å². The average molecular weight is 499 g/mol. The smallest absolute Gasteiger partial charge is 0.264 e. The Morgan fingerprint density at radius 1 is 0.970 bits per heavy atom. The van der Waals surface area contributed by atoms with Crippen LogP contribution in [0.15, 0.2) is 76.6 Å². The Bertz CT molecular complexity index is 1210. The molecule has 0 bridgehead atoms. The zero-order valence-electron chi connectivity index (χ0n) is 17.7. The number of hydrogen-bond donors (Lipinski definition) is 1. The highest BCUT2D eigenvalue weighted by molar-refractivity contribution is 8.18. The van der Waals surface area contributed by atoms with Crippen LogP contribution in [0.1, 0.15) is 18.1 Å². The molecule has 0 spiro atoms. The van der Waals surface area contributed by atoms with E-state index in [1.807, 2.05) is 49.4 Å². The summed E-state index contributed by atoms with van der Waals surface area (Å²) in [7, 11) is 0. The fraction of sp³-hybridized carbons (Fsp3) is 0.120. The molecule has 3 aromatic rings. The van der Waals surface area contributed by atoms with Crippen LogP contribution in [0.2, 0.25) is 10.0 Å². The maximum Gasteiger partial charge on any atom is 0.264 e. The van der Waals surface area contributed by atoms with Crippen LogP contribution < -0.4 is 14.8 Å². The lowest BCUT2D eigenvalue weighted by atomic mass is 10.2. The quantitative estimate of drug-likeness (QED) is 0.361. The first-order valence-electron chi connectivity index (χ1n) is 10.2. The van der Waals surface area contributed by atoms with Gasteiger partial charge in [0.1, 0.15) is 6.61 Å². The predicted octanol–water partition coefficient (Wildman–Crippen LogP) is 6.86. The molecule has 1 aliphatic rings. The van der Waals surface area contributed by atoms with Crippen LogP contribution in [0.5, 0.6) is 11.5 Å². The normalized spacial score (nSPS) is 15.7. The average Bonchev–Trinajstić information content (AvgIpc) is 3.14. The molecule has 1 aliphatic heterocycles.